The Morgan fingerprint density at radius 3 is 3.05 bits per heavy atom. The van der Waals surface area contributed by atoms with Crippen LogP contribution < -0.4 is 5.32 Å². The summed E-state index contributed by atoms with van der Waals surface area (Å²) in [7, 11) is 2.11. The largest absolute Gasteiger partial charge is 0.376 e. The minimum atomic E-state index is -0.151. The summed E-state index contributed by atoms with van der Waals surface area (Å²) in [6.45, 7) is 4.70. The predicted octanol–water partition coefficient (Wildman–Crippen LogP) is 1.68. The monoisotopic (exact) mass is 266 g/mol. The Labute approximate surface area is 114 Å². The Morgan fingerprint density at radius 1 is 1.42 bits per heavy atom. The van der Waals surface area contributed by atoms with Crippen LogP contribution in [0.4, 0.5) is 4.39 Å². The van der Waals surface area contributed by atoms with Crippen LogP contribution in [-0.2, 0) is 11.2 Å². The SMILES string of the molecule is CN(CCc1cccc(F)c1)CCC1CNCCO1. The number of likely N-dealkylation sites (N-methyl/N-ethyl adjacent to an activating group) is 1. The van der Waals surface area contributed by atoms with Crippen LogP contribution in [0.1, 0.15) is 12.0 Å². The Hall–Kier alpha value is -0.970. The Balaban J connectivity index is 1.65. The number of benzene rings is 1. The van der Waals surface area contributed by atoms with Gasteiger partial charge in [-0.25, -0.2) is 4.39 Å². The fraction of sp³-hybridized carbons (Fsp3) is 0.600. The first-order valence-corrected chi connectivity index (χ1v) is 6.99. The van der Waals surface area contributed by atoms with Crippen LogP contribution in [-0.4, -0.2) is 50.8 Å². The summed E-state index contributed by atoms with van der Waals surface area (Å²) in [5.41, 5.74) is 1.06. The lowest BCUT2D eigenvalue weighted by atomic mass is 10.1. The van der Waals surface area contributed by atoms with Crippen molar-refractivity contribution in [1.82, 2.24) is 10.2 Å². The molecule has 4 heteroatoms. The molecule has 2 rings (SSSR count). The van der Waals surface area contributed by atoms with E-state index in [4.69, 9.17) is 4.74 Å². The summed E-state index contributed by atoms with van der Waals surface area (Å²) in [4.78, 5) is 2.28. The molecule has 0 radical (unpaired) electrons. The van der Waals surface area contributed by atoms with E-state index in [0.717, 1.165) is 51.2 Å². The molecule has 0 aromatic heterocycles. The molecule has 1 fully saturated rings. The topological polar surface area (TPSA) is 24.5 Å². The van der Waals surface area contributed by atoms with E-state index in [1.165, 1.54) is 6.07 Å². The summed E-state index contributed by atoms with van der Waals surface area (Å²) in [5, 5.41) is 3.34. The standard InChI is InChI=1S/C15H23FN2O/c1-18(9-6-15-12-17-7-10-19-15)8-5-13-3-2-4-14(16)11-13/h2-4,11,15,17H,5-10,12H2,1H3. The number of nitrogens with zero attached hydrogens (tertiary/aromatic N) is 1. The van der Waals surface area contributed by atoms with Gasteiger partial charge in [0, 0.05) is 26.2 Å². The van der Waals surface area contributed by atoms with Crippen molar-refractivity contribution in [2.45, 2.75) is 18.9 Å². The highest BCUT2D eigenvalue weighted by molar-refractivity contribution is 5.16. The van der Waals surface area contributed by atoms with E-state index in [1.54, 1.807) is 12.1 Å². The summed E-state index contributed by atoms with van der Waals surface area (Å²) in [6.07, 6.45) is 2.27. The zero-order valence-electron chi connectivity index (χ0n) is 11.6. The maximum absolute atomic E-state index is 13.0. The van der Waals surface area contributed by atoms with Crippen LogP contribution in [0.2, 0.25) is 0 Å². The normalized spacial score (nSPS) is 19.8. The second-order valence-corrected chi connectivity index (χ2v) is 5.17. The molecule has 1 aliphatic heterocycles. The fourth-order valence-corrected chi connectivity index (χ4v) is 2.29. The van der Waals surface area contributed by atoms with Gasteiger partial charge in [-0.15, -0.1) is 0 Å². The number of hydrogen-bond acceptors (Lipinski definition) is 3. The van der Waals surface area contributed by atoms with Crippen molar-refractivity contribution in [2.75, 3.05) is 39.8 Å². The van der Waals surface area contributed by atoms with Crippen LogP contribution in [0.5, 0.6) is 0 Å². The Morgan fingerprint density at radius 2 is 2.32 bits per heavy atom. The third kappa shape index (κ3) is 5.27. The van der Waals surface area contributed by atoms with E-state index in [1.807, 2.05) is 6.07 Å². The zero-order valence-corrected chi connectivity index (χ0v) is 11.6. The smallest absolute Gasteiger partial charge is 0.123 e. The summed E-state index contributed by atoms with van der Waals surface area (Å²) in [5.74, 6) is -0.151. The molecule has 1 N–H and O–H groups in total. The first-order valence-electron chi connectivity index (χ1n) is 6.99. The summed E-state index contributed by atoms with van der Waals surface area (Å²) in [6, 6.07) is 6.85. The molecule has 106 valence electrons. The van der Waals surface area contributed by atoms with Gasteiger partial charge in [-0.05, 0) is 37.6 Å². The quantitative estimate of drug-likeness (QED) is 0.848. The molecule has 0 saturated carbocycles. The molecule has 1 atom stereocenters. The van der Waals surface area contributed by atoms with Gasteiger partial charge in [0.05, 0.1) is 12.7 Å². The number of ether oxygens (including phenoxy) is 1. The van der Waals surface area contributed by atoms with E-state index in [9.17, 15) is 4.39 Å². The molecule has 0 bridgehead atoms. The zero-order chi connectivity index (χ0) is 13.5. The average molecular weight is 266 g/mol. The van der Waals surface area contributed by atoms with Crippen molar-refractivity contribution < 1.29 is 9.13 Å². The minimum Gasteiger partial charge on any atom is -0.376 e. The highest BCUT2D eigenvalue weighted by Gasteiger charge is 2.13. The number of hydrogen-bond donors (Lipinski definition) is 1. The number of nitrogens with one attached hydrogen (secondary N) is 1. The van der Waals surface area contributed by atoms with Crippen LogP contribution >= 0.6 is 0 Å². The maximum atomic E-state index is 13.0. The van der Waals surface area contributed by atoms with Crippen molar-refractivity contribution in [3.05, 3.63) is 35.6 Å². The molecule has 1 aromatic rings. The van der Waals surface area contributed by atoms with Gasteiger partial charge in [0.1, 0.15) is 5.82 Å². The van der Waals surface area contributed by atoms with E-state index in [2.05, 4.69) is 17.3 Å². The van der Waals surface area contributed by atoms with Gasteiger partial charge in [0.2, 0.25) is 0 Å². The molecule has 3 nitrogen and oxygen atoms in total. The number of morpholine rings is 1. The van der Waals surface area contributed by atoms with Gasteiger partial charge < -0.3 is 15.0 Å². The lowest BCUT2D eigenvalue weighted by Crippen LogP contribution is -2.40. The lowest BCUT2D eigenvalue weighted by Gasteiger charge is -2.25. The molecule has 1 unspecified atom stereocenters. The maximum Gasteiger partial charge on any atom is 0.123 e. The second-order valence-electron chi connectivity index (χ2n) is 5.17. The number of rotatable bonds is 6. The molecule has 1 aliphatic rings. The van der Waals surface area contributed by atoms with Crippen molar-refractivity contribution in [1.29, 1.82) is 0 Å². The summed E-state index contributed by atoms with van der Waals surface area (Å²) >= 11 is 0. The molecule has 19 heavy (non-hydrogen) atoms. The molecule has 1 heterocycles. The molecular formula is C15H23FN2O. The second kappa shape index (κ2) is 7.58. The Kier molecular flexibility index (Phi) is 5.76. The fourth-order valence-electron chi connectivity index (χ4n) is 2.29. The first kappa shape index (κ1) is 14.4. The first-order chi connectivity index (χ1) is 9.24. The van der Waals surface area contributed by atoms with Gasteiger partial charge >= 0.3 is 0 Å². The summed E-state index contributed by atoms with van der Waals surface area (Å²) < 4.78 is 18.7. The average Bonchev–Trinajstić information content (AvgIpc) is 2.44. The third-order valence-electron chi connectivity index (χ3n) is 3.51. The number of halogens is 1. The molecule has 0 spiro atoms. The van der Waals surface area contributed by atoms with Crippen LogP contribution in [0.15, 0.2) is 24.3 Å². The van der Waals surface area contributed by atoms with Crippen molar-refractivity contribution in [3.63, 3.8) is 0 Å². The minimum absolute atomic E-state index is 0.151. The van der Waals surface area contributed by atoms with Gasteiger partial charge in [0.15, 0.2) is 0 Å². The van der Waals surface area contributed by atoms with Crippen molar-refractivity contribution >= 4 is 0 Å². The van der Waals surface area contributed by atoms with Crippen molar-refractivity contribution in [2.24, 2.45) is 0 Å². The van der Waals surface area contributed by atoms with E-state index in [-0.39, 0.29) is 5.82 Å². The van der Waals surface area contributed by atoms with E-state index in [0.29, 0.717) is 6.10 Å². The molecule has 0 amide bonds. The van der Waals surface area contributed by atoms with Gasteiger partial charge in [-0.3, -0.25) is 0 Å². The van der Waals surface area contributed by atoms with E-state index < -0.39 is 0 Å². The van der Waals surface area contributed by atoms with Gasteiger partial charge in [0.25, 0.3) is 0 Å². The Bertz CT molecular complexity index is 380. The van der Waals surface area contributed by atoms with Crippen LogP contribution in [0, 0.1) is 5.82 Å². The van der Waals surface area contributed by atoms with Crippen molar-refractivity contribution in [3.8, 4) is 0 Å². The molecule has 1 saturated heterocycles. The highest BCUT2D eigenvalue weighted by atomic mass is 19.1. The molecule has 0 aliphatic carbocycles. The third-order valence-corrected chi connectivity index (χ3v) is 3.51. The van der Waals surface area contributed by atoms with E-state index >= 15 is 0 Å². The van der Waals surface area contributed by atoms with Gasteiger partial charge in [-0.1, -0.05) is 12.1 Å². The molecule has 1 aromatic carbocycles. The highest BCUT2D eigenvalue weighted by Crippen LogP contribution is 2.06. The predicted molar refractivity (Wildman–Crippen MR) is 74.8 cm³/mol. The van der Waals surface area contributed by atoms with Crippen LogP contribution in [0.3, 0.4) is 0 Å². The van der Waals surface area contributed by atoms with Gasteiger partial charge in [-0.2, -0.15) is 0 Å². The molecular weight excluding hydrogens is 243 g/mol. The lowest BCUT2D eigenvalue weighted by molar-refractivity contribution is 0.0188. The van der Waals surface area contributed by atoms with Crippen LogP contribution in [0.25, 0.3) is 0 Å².